The summed E-state index contributed by atoms with van der Waals surface area (Å²) in [5.74, 6) is 1.65. The van der Waals surface area contributed by atoms with Gasteiger partial charge in [0.15, 0.2) is 11.5 Å². The number of fused-ring (bicyclic) bond motifs is 1. The van der Waals surface area contributed by atoms with Gasteiger partial charge in [0.2, 0.25) is 0 Å². The first-order valence-electron chi connectivity index (χ1n) is 7.49. The van der Waals surface area contributed by atoms with E-state index in [1.54, 1.807) is 0 Å². The molecular formula is C16H22BrNO3. The molecule has 2 heterocycles. The molecule has 3 rings (SSSR count). The minimum absolute atomic E-state index is 0.0245. The lowest BCUT2D eigenvalue weighted by Crippen LogP contribution is -2.43. The molecule has 1 N–H and O–H groups in total. The Balaban J connectivity index is 1.64. The lowest BCUT2D eigenvalue weighted by molar-refractivity contribution is -0.0630. The van der Waals surface area contributed by atoms with E-state index >= 15 is 0 Å². The van der Waals surface area contributed by atoms with E-state index < -0.39 is 0 Å². The summed E-state index contributed by atoms with van der Waals surface area (Å²) in [6, 6.07) is 4.67. The molecule has 1 saturated heterocycles. The summed E-state index contributed by atoms with van der Waals surface area (Å²) in [6.45, 7) is 7.19. The number of ether oxygens (including phenoxy) is 3. The van der Waals surface area contributed by atoms with Crippen molar-refractivity contribution in [2.75, 3.05) is 19.8 Å². The zero-order valence-electron chi connectivity index (χ0n) is 12.6. The number of rotatable bonds is 3. The van der Waals surface area contributed by atoms with Crippen LogP contribution in [-0.2, 0) is 11.3 Å². The van der Waals surface area contributed by atoms with E-state index in [0.717, 1.165) is 42.0 Å². The Labute approximate surface area is 134 Å². The van der Waals surface area contributed by atoms with E-state index in [2.05, 4.69) is 47.2 Å². The highest BCUT2D eigenvalue weighted by Gasteiger charge is 2.28. The SMILES string of the molecule is CC1(C)CC(NCc2cc(Br)c3c(c2)OCCO3)CCO1. The Morgan fingerprint density at radius 1 is 1.24 bits per heavy atom. The fourth-order valence-electron chi connectivity index (χ4n) is 2.93. The van der Waals surface area contributed by atoms with Gasteiger partial charge in [-0.3, -0.25) is 0 Å². The van der Waals surface area contributed by atoms with Gasteiger partial charge in [0.1, 0.15) is 13.2 Å². The molecule has 4 nitrogen and oxygen atoms in total. The Morgan fingerprint density at radius 3 is 2.86 bits per heavy atom. The largest absolute Gasteiger partial charge is 0.486 e. The molecule has 1 unspecified atom stereocenters. The van der Waals surface area contributed by atoms with Crippen LogP contribution in [0.3, 0.4) is 0 Å². The second-order valence-corrected chi connectivity index (χ2v) is 7.13. The van der Waals surface area contributed by atoms with Crippen LogP contribution in [0.25, 0.3) is 0 Å². The Kier molecular flexibility index (Phi) is 4.43. The van der Waals surface area contributed by atoms with Crippen molar-refractivity contribution in [3.63, 3.8) is 0 Å². The molecule has 0 bridgehead atoms. The minimum Gasteiger partial charge on any atom is -0.486 e. The number of hydrogen-bond donors (Lipinski definition) is 1. The van der Waals surface area contributed by atoms with Gasteiger partial charge in [0.25, 0.3) is 0 Å². The molecule has 2 aliphatic rings. The zero-order chi connectivity index (χ0) is 14.9. The maximum Gasteiger partial charge on any atom is 0.175 e. The normalized spacial score (nSPS) is 23.9. The summed E-state index contributed by atoms with van der Waals surface area (Å²) < 4.78 is 18.0. The third-order valence-corrected chi connectivity index (χ3v) is 4.54. The van der Waals surface area contributed by atoms with E-state index in [4.69, 9.17) is 14.2 Å². The average molecular weight is 356 g/mol. The molecule has 0 aromatic heterocycles. The molecule has 1 aromatic carbocycles. The third kappa shape index (κ3) is 3.71. The molecule has 0 spiro atoms. The predicted molar refractivity (Wildman–Crippen MR) is 85.0 cm³/mol. The van der Waals surface area contributed by atoms with Gasteiger partial charge in [-0.15, -0.1) is 0 Å². The second-order valence-electron chi connectivity index (χ2n) is 6.28. The summed E-state index contributed by atoms with van der Waals surface area (Å²) in [5, 5.41) is 3.63. The van der Waals surface area contributed by atoms with Crippen molar-refractivity contribution in [1.29, 1.82) is 0 Å². The van der Waals surface area contributed by atoms with Crippen molar-refractivity contribution >= 4 is 15.9 Å². The monoisotopic (exact) mass is 355 g/mol. The van der Waals surface area contributed by atoms with Crippen LogP contribution in [0.15, 0.2) is 16.6 Å². The standard InChI is InChI=1S/C16H22BrNO3/c1-16(2)9-12(3-4-21-16)18-10-11-7-13(17)15-14(8-11)19-5-6-20-15/h7-8,12,18H,3-6,9-10H2,1-2H3. The third-order valence-electron chi connectivity index (χ3n) is 3.95. The van der Waals surface area contributed by atoms with E-state index in [1.165, 1.54) is 5.56 Å². The first-order chi connectivity index (χ1) is 10.0. The number of benzene rings is 1. The number of halogens is 1. The van der Waals surface area contributed by atoms with Crippen LogP contribution in [0.4, 0.5) is 0 Å². The highest BCUT2D eigenvalue weighted by Crippen LogP contribution is 2.38. The van der Waals surface area contributed by atoms with Gasteiger partial charge >= 0.3 is 0 Å². The maximum absolute atomic E-state index is 5.76. The summed E-state index contributed by atoms with van der Waals surface area (Å²) >= 11 is 3.56. The molecule has 0 saturated carbocycles. The number of nitrogens with one attached hydrogen (secondary N) is 1. The predicted octanol–water partition coefficient (Wildman–Crippen LogP) is 3.27. The smallest absolute Gasteiger partial charge is 0.175 e. The van der Waals surface area contributed by atoms with Crippen LogP contribution in [0.1, 0.15) is 32.3 Å². The molecule has 0 radical (unpaired) electrons. The molecule has 1 fully saturated rings. The van der Waals surface area contributed by atoms with Crippen molar-refractivity contribution in [2.45, 2.75) is 44.9 Å². The molecule has 1 aromatic rings. The van der Waals surface area contributed by atoms with Gasteiger partial charge in [-0.2, -0.15) is 0 Å². The van der Waals surface area contributed by atoms with Crippen LogP contribution in [0.2, 0.25) is 0 Å². The summed E-state index contributed by atoms with van der Waals surface area (Å²) in [7, 11) is 0. The van der Waals surface area contributed by atoms with Crippen molar-refractivity contribution in [2.24, 2.45) is 0 Å². The maximum atomic E-state index is 5.76. The number of hydrogen-bond acceptors (Lipinski definition) is 4. The molecule has 0 aliphatic carbocycles. The van der Waals surface area contributed by atoms with Gasteiger partial charge in [-0.25, -0.2) is 0 Å². The molecule has 2 aliphatic heterocycles. The van der Waals surface area contributed by atoms with Gasteiger partial charge in [0, 0.05) is 19.2 Å². The average Bonchev–Trinajstić information content (AvgIpc) is 2.44. The summed E-state index contributed by atoms with van der Waals surface area (Å²) in [5.41, 5.74) is 1.18. The van der Waals surface area contributed by atoms with Gasteiger partial charge in [-0.1, -0.05) is 0 Å². The van der Waals surface area contributed by atoms with Crippen molar-refractivity contribution in [3.05, 3.63) is 22.2 Å². The van der Waals surface area contributed by atoms with Crippen LogP contribution < -0.4 is 14.8 Å². The van der Waals surface area contributed by atoms with Gasteiger partial charge in [0.05, 0.1) is 10.1 Å². The molecule has 1 atom stereocenters. The summed E-state index contributed by atoms with van der Waals surface area (Å²) in [6.07, 6.45) is 2.11. The molecule has 21 heavy (non-hydrogen) atoms. The van der Waals surface area contributed by atoms with Crippen LogP contribution in [0, 0.1) is 0 Å². The van der Waals surface area contributed by atoms with Crippen molar-refractivity contribution < 1.29 is 14.2 Å². The zero-order valence-corrected chi connectivity index (χ0v) is 14.2. The second kappa shape index (κ2) is 6.15. The van der Waals surface area contributed by atoms with Crippen molar-refractivity contribution in [3.8, 4) is 11.5 Å². The van der Waals surface area contributed by atoms with Crippen LogP contribution in [0.5, 0.6) is 11.5 Å². The van der Waals surface area contributed by atoms with Crippen LogP contribution >= 0.6 is 15.9 Å². The molecule has 0 amide bonds. The van der Waals surface area contributed by atoms with E-state index in [0.29, 0.717) is 19.3 Å². The van der Waals surface area contributed by atoms with Crippen molar-refractivity contribution in [1.82, 2.24) is 5.32 Å². The van der Waals surface area contributed by atoms with E-state index in [1.807, 2.05) is 0 Å². The fourth-order valence-corrected chi connectivity index (χ4v) is 3.54. The van der Waals surface area contributed by atoms with Crippen LogP contribution in [-0.4, -0.2) is 31.5 Å². The molecule has 116 valence electrons. The Hall–Kier alpha value is -0.780. The molecule has 5 heteroatoms. The topological polar surface area (TPSA) is 39.7 Å². The first-order valence-corrected chi connectivity index (χ1v) is 8.28. The van der Waals surface area contributed by atoms with Gasteiger partial charge in [-0.05, 0) is 60.3 Å². The quantitative estimate of drug-likeness (QED) is 0.903. The first kappa shape index (κ1) is 15.1. The summed E-state index contributed by atoms with van der Waals surface area (Å²) in [4.78, 5) is 0. The van der Waals surface area contributed by atoms with E-state index in [-0.39, 0.29) is 5.60 Å². The van der Waals surface area contributed by atoms with Gasteiger partial charge < -0.3 is 19.5 Å². The molecular weight excluding hydrogens is 334 g/mol. The highest BCUT2D eigenvalue weighted by molar-refractivity contribution is 9.10. The minimum atomic E-state index is -0.0245. The van der Waals surface area contributed by atoms with E-state index in [9.17, 15) is 0 Å². The highest BCUT2D eigenvalue weighted by atomic mass is 79.9. The Morgan fingerprint density at radius 2 is 2.05 bits per heavy atom. The fraction of sp³-hybridized carbons (Fsp3) is 0.625. The lowest BCUT2D eigenvalue weighted by Gasteiger charge is -2.36. The Bertz CT molecular complexity index is 518. The lowest BCUT2D eigenvalue weighted by atomic mass is 9.94.